The summed E-state index contributed by atoms with van der Waals surface area (Å²) < 4.78 is 26.3. The number of carbonyl (C=O) groups is 2. The average Bonchev–Trinajstić information content (AvgIpc) is 3.12. The molecule has 54 heavy (non-hydrogen) atoms. The molecule has 9 nitrogen and oxygen atoms in total. The van der Waals surface area contributed by atoms with Crippen molar-refractivity contribution in [3.8, 4) is 0 Å². The molecule has 0 aliphatic rings. The first-order chi connectivity index (χ1) is 26.0. The standard InChI is InChI=1S/C44H79O9P/c1-4-33-41(45)35-30-26-22-18-14-10-8-12-16-20-24-28-32-37-44(47)53-42(39-52-54(48,49)50)38-51-43(46)36-31-27-23-19-15-11-7-5-6-9-13-17-21-25-29-34-40(2)3/h8,12,14,18,20,24,26,30,40-42,45H,4-7,9-11,13,15-17,19,21-23,25,27-29,31-39H2,1-3H3,(H2,48,49,50)/b12-8-,18-14-,24-20-,30-26-/t41?,42-/m1/s1. The minimum Gasteiger partial charge on any atom is -0.462 e. The molecule has 0 aliphatic carbocycles. The van der Waals surface area contributed by atoms with Crippen LogP contribution in [0.3, 0.4) is 0 Å². The fourth-order valence-corrected chi connectivity index (χ4v) is 6.28. The van der Waals surface area contributed by atoms with Gasteiger partial charge in [-0.2, -0.15) is 0 Å². The van der Waals surface area contributed by atoms with Crippen LogP contribution in [-0.2, 0) is 28.2 Å². The number of phosphoric ester groups is 1. The van der Waals surface area contributed by atoms with Gasteiger partial charge < -0.3 is 24.4 Å². The van der Waals surface area contributed by atoms with Crippen LogP contribution >= 0.6 is 7.82 Å². The first kappa shape index (κ1) is 52.0. The maximum atomic E-state index is 12.4. The molecule has 3 N–H and O–H groups in total. The maximum Gasteiger partial charge on any atom is 0.469 e. The van der Waals surface area contributed by atoms with Gasteiger partial charge in [0, 0.05) is 12.8 Å². The molecule has 0 heterocycles. The smallest absolute Gasteiger partial charge is 0.462 e. The number of rotatable bonds is 38. The summed E-state index contributed by atoms with van der Waals surface area (Å²) >= 11 is 0. The SMILES string of the molecule is CCCC(O)C/C=C\C/C=C\C/C=C\C/C=C\CCCC(=O)O[C@H](COC(=O)CCCCCCCCCCCCCCCCCC(C)C)COP(=O)(O)O. The highest BCUT2D eigenvalue weighted by Gasteiger charge is 2.22. The maximum absolute atomic E-state index is 12.4. The molecule has 0 bridgehead atoms. The number of aliphatic hydroxyl groups is 1. The predicted molar refractivity (Wildman–Crippen MR) is 222 cm³/mol. The summed E-state index contributed by atoms with van der Waals surface area (Å²) in [6.45, 7) is 5.79. The highest BCUT2D eigenvalue weighted by atomic mass is 31.2. The third-order valence-electron chi connectivity index (χ3n) is 9.08. The molecule has 0 saturated heterocycles. The topological polar surface area (TPSA) is 140 Å². The van der Waals surface area contributed by atoms with Gasteiger partial charge in [-0.05, 0) is 57.3 Å². The van der Waals surface area contributed by atoms with Crippen molar-refractivity contribution >= 4 is 19.8 Å². The molecule has 0 rings (SSSR count). The lowest BCUT2D eigenvalue weighted by atomic mass is 10.0. The number of hydrogen-bond acceptors (Lipinski definition) is 7. The molecule has 314 valence electrons. The van der Waals surface area contributed by atoms with Gasteiger partial charge in [0.1, 0.15) is 6.61 Å². The summed E-state index contributed by atoms with van der Waals surface area (Å²) in [4.78, 5) is 42.8. The molecule has 0 amide bonds. The second-order valence-electron chi connectivity index (χ2n) is 15.0. The van der Waals surface area contributed by atoms with Crippen LogP contribution in [0.1, 0.15) is 188 Å². The highest BCUT2D eigenvalue weighted by Crippen LogP contribution is 2.36. The fraction of sp³-hybridized carbons (Fsp3) is 0.773. The van der Waals surface area contributed by atoms with E-state index < -0.39 is 32.5 Å². The van der Waals surface area contributed by atoms with Crippen molar-refractivity contribution in [2.45, 2.75) is 200 Å². The number of esters is 2. The molecule has 0 radical (unpaired) electrons. The van der Waals surface area contributed by atoms with Crippen LogP contribution < -0.4 is 0 Å². The molecular formula is C44H79O9P. The van der Waals surface area contributed by atoms with Crippen LogP contribution in [0.15, 0.2) is 48.6 Å². The van der Waals surface area contributed by atoms with Gasteiger partial charge in [-0.15, -0.1) is 0 Å². The fourth-order valence-electron chi connectivity index (χ4n) is 5.92. The Labute approximate surface area is 329 Å². The van der Waals surface area contributed by atoms with E-state index in [0.717, 1.165) is 50.9 Å². The molecule has 0 fully saturated rings. The van der Waals surface area contributed by atoms with E-state index in [2.05, 4.69) is 55.7 Å². The Bertz CT molecular complexity index is 1050. The van der Waals surface area contributed by atoms with Gasteiger partial charge in [0.05, 0.1) is 12.7 Å². The third-order valence-corrected chi connectivity index (χ3v) is 9.57. The van der Waals surface area contributed by atoms with Crippen molar-refractivity contribution in [3.05, 3.63) is 48.6 Å². The van der Waals surface area contributed by atoms with E-state index in [1.165, 1.54) is 83.5 Å². The summed E-state index contributed by atoms with van der Waals surface area (Å²) in [6, 6.07) is 0. The van der Waals surface area contributed by atoms with E-state index >= 15 is 0 Å². The van der Waals surface area contributed by atoms with E-state index in [0.29, 0.717) is 25.7 Å². The van der Waals surface area contributed by atoms with Gasteiger partial charge >= 0.3 is 19.8 Å². The number of hydrogen-bond donors (Lipinski definition) is 3. The second kappa shape index (κ2) is 37.9. The summed E-state index contributed by atoms with van der Waals surface area (Å²) in [5.74, 6) is -0.136. The summed E-state index contributed by atoms with van der Waals surface area (Å²) in [6.07, 6.45) is 41.9. The number of aliphatic hydroxyl groups excluding tert-OH is 1. The molecule has 0 aromatic rings. The van der Waals surface area contributed by atoms with Crippen LogP contribution in [0, 0.1) is 5.92 Å². The summed E-state index contributed by atoms with van der Waals surface area (Å²) in [7, 11) is -4.78. The van der Waals surface area contributed by atoms with Gasteiger partial charge in [-0.25, -0.2) is 4.57 Å². The minimum atomic E-state index is -4.78. The molecule has 1 unspecified atom stereocenters. The summed E-state index contributed by atoms with van der Waals surface area (Å²) in [5, 5.41) is 9.71. The molecule has 2 atom stereocenters. The Morgan fingerprint density at radius 3 is 1.56 bits per heavy atom. The van der Waals surface area contributed by atoms with Crippen molar-refractivity contribution in [2.75, 3.05) is 13.2 Å². The predicted octanol–water partition coefficient (Wildman–Crippen LogP) is 12.0. The van der Waals surface area contributed by atoms with Crippen LogP contribution in [0.4, 0.5) is 0 Å². The van der Waals surface area contributed by atoms with Crippen molar-refractivity contribution in [2.24, 2.45) is 5.92 Å². The lowest BCUT2D eigenvalue weighted by molar-refractivity contribution is -0.161. The van der Waals surface area contributed by atoms with Crippen LogP contribution in [-0.4, -0.2) is 52.3 Å². The Hall–Kier alpha value is -2.03. The zero-order valence-corrected chi connectivity index (χ0v) is 35.3. The highest BCUT2D eigenvalue weighted by molar-refractivity contribution is 7.46. The van der Waals surface area contributed by atoms with Crippen molar-refractivity contribution in [3.63, 3.8) is 0 Å². The number of unbranched alkanes of at least 4 members (excludes halogenated alkanes) is 15. The Morgan fingerprint density at radius 1 is 0.593 bits per heavy atom. The first-order valence-corrected chi connectivity index (χ1v) is 22.9. The molecule has 10 heteroatoms. The van der Waals surface area contributed by atoms with Crippen LogP contribution in [0.5, 0.6) is 0 Å². The van der Waals surface area contributed by atoms with E-state index in [9.17, 15) is 19.3 Å². The first-order valence-electron chi connectivity index (χ1n) is 21.4. The van der Waals surface area contributed by atoms with E-state index in [-0.39, 0.29) is 25.6 Å². The Kier molecular flexibility index (Phi) is 36.4. The van der Waals surface area contributed by atoms with E-state index in [1.54, 1.807) is 0 Å². The Morgan fingerprint density at radius 2 is 1.06 bits per heavy atom. The zero-order valence-electron chi connectivity index (χ0n) is 34.4. The normalized spacial score (nSPS) is 13.6. The molecule has 0 aromatic carbocycles. The van der Waals surface area contributed by atoms with Gasteiger partial charge in [-0.1, -0.05) is 172 Å². The number of ether oxygens (including phenoxy) is 2. The zero-order chi connectivity index (χ0) is 40.0. The molecule has 0 spiro atoms. The average molecular weight is 783 g/mol. The molecule has 0 aliphatic heterocycles. The quantitative estimate of drug-likeness (QED) is 0.0242. The molecular weight excluding hydrogens is 703 g/mol. The van der Waals surface area contributed by atoms with E-state index in [4.69, 9.17) is 19.3 Å². The van der Waals surface area contributed by atoms with E-state index in [1.807, 2.05) is 18.2 Å². The van der Waals surface area contributed by atoms with Gasteiger partial charge in [-0.3, -0.25) is 14.1 Å². The lowest BCUT2D eigenvalue weighted by Crippen LogP contribution is -2.29. The molecule has 0 aromatic heterocycles. The van der Waals surface area contributed by atoms with Gasteiger partial charge in [0.2, 0.25) is 0 Å². The monoisotopic (exact) mass is 783 g/mol. The van der Waals surface area contributed by atoms with Gasteiger partial charge in [0.25, 0.3) is 0 Å². The number of carbonyl (C=O) groups excluding carboxylic acids is 2. The Balaban J connectivity index is 4.01. The second-order valence-corrected chi connectivity index (χ2v) is 16.2. The van der Waals surface area contributed by atoms with Crippen molar-refractivity contribution < 1.29 is 43.0 Å². The van der Waals surface area contributed by atoms with Crippen LogP contribution in [0.25, 0.3) is 0 Å². The van der Waals surface area contributed by atoms with Crippen molar-refractivity contribution in [1.29, 1.82) is 0 Å². The minimum absolute atomic E-state index is 0.121. The van der Waals surface area contributed by atoms with Crippen LogP contribution in [0.2, 0.25) is 0 Å². The molecule has 0 saturated carbocycles. The van der Waals surface area contributed by atoms with Crippen molar-refractivity contribution in [1.82, 2.24) is 0 Å². The number of allylic oxidation sites excluding steroid dienone is 7. The number of phosphoric acid groups is 1. The third kappa shape index (κ3) is 41.1. The lowest BCUT2D eigenvalue weighted by Gasteiger charge is -2.18. The van der Waals surface area contributed by atoms with Gasteiger partial charge in [0.15, 0.2) is 6.10 Å². The summed E-state index contributed by atoms with van der Waals surface area (Å²) in [5.41, 5.74) is 0. The largest absolute Gasteiger partial charge is 0.469 e.